The second-order valence-corrected chi connectivity index (χ2v) is 3.03. The van der Waals surface area contributed by atoms with E-state index in [1.54, 1.807) is 32.4 Å². The number of nitrogens with zero attached hydrogens (tertiary/aromatic N) is 1. The minimum atomic E-state index is -0.342. The Morgan fingerprint density at radius 2 is 2.13 bits per heavy atom. The number of nitriles is 1. The molecule has 0 saturated heterocycles. The fourth-order valence-electron chi connectivity index (χ4n) is 1.36. The third-order valence-electron chi connectivity index (χ3n) is 2.21. The van der Waals surface area contributed by atoms with E-state index in [2.05, 4.69) is 6.07 Å². The molecule has 0 bridgehead atoms. The highest BCUT2D eigenvalue weighted by atomic mass is 16.5. The van der Waals surface area contributed by atoms with Crippen molar-refractivity contribution in [3.05, 3.63) is 23.8 Å². The van der Waals surface area contributed by atoms with Crippen LogP contribution in [0.25, 0.3) is 0 Å². The fraction of sp³-hybridized carbons (Fsp3) is 0.364. The van der Waals surface area contributed by atoms with E-state index in [4.69, 9.17) is 20.5 Å². The maximum absolute atomic E-state index is 8.91. The zero-order chi connectivity index (χ0) is 11.3. The highest BCUT2D eigenvalue weighted by molar-refractivity contribution is 5.44. The summed E-state index contributed by atoms with van der Waals surface area (Å²) >= 11 is 0. The average Bonchev–Trinajstić information content (AvgIpc) is 2.31. The predicted octanol–water partition coefficient (Wildman–Crippen LogP) is 1.27. The standard InChI is InChI=1S/C11H14N2O2/c1-14-9-3-4-10(8(6-12)7-13)11(5-9)15-2/h3-5,8H,6,12H2,1-2H3. The Morgan fingerprint density at radius 3 is 2.60 bits per heavy atom. The van der Waals surface area contributed by atoms with E-state index in [1.165, 1.54) is 0 Å². The van der Waals surface area contributed by atoms with Crippen LogP contribution in [0.3, 0.4) is 0 Å². The average molecular weight is 206 g/mol. The lowest BCUT2D eigenvalue weighted by Crippen LogP contribution is -2.11. The summed E-state index contributed by atoms with van der Waals surface area (Å²) < 4.78 is 10.3. The van der Waals surface area contributed by atoms with Gasteiger partial charge in [0.25, 0.3) is 0 Å². The van der Waals surface area contributed by atoms with E-state index in [0.29, 0.717) is 11.5 Å². The van der Waals surface area contributed by atoms with E-state index >= 15 is 0 Å². The van der Waals surface area contributed by atoms with Crippen LogP contribution in [0.15, 0.2) is 18.2 Å². The molecule has 2 N–H and O–H groups in total. The molecule has 1 atom stereocenters. The second-order valence-electron chi connectivity index (χ2n) is 3.03. The number of benzene rings is 1. The van der Waals surface area contributed by atoms with Crippen LogP contribution in [-0.4, -0.2) is 20.8 Å². The third kappa shape index (κ3) is 2.39. The maximum atomic E-state index is 8.91. The van der Waals surface area contributed by atoms with Crippen molar-refractivity contribution in [3.8, 4) is 17.6 Å². The summed E-state index contributed by atoms with van der Waals surface area (Å²) in [6.07, 6.45) is 0. The molecule has 4 heteroatoms. The highest BCUT2D eigenvalue weighted by Gasteiger charge is 2.14. The molecule has 0 radical (unpaired) electrons. The molecular formula is C11H14N2O2. The lowest BCUT2D eigenvalue weighted by atomic mass is 9.99. The van der Waals surface area contributed by atoms with Gasteiger partial charge in [-0.3, -0.25) is 0 Å². The maximum Gasteiger partial charge on any atom is 0.127 e. The second kappa shape index (κ2) is 5.23. The molecule has 0 aliphatic rings. The summed E-state index contributed by atoms with van der Waals surface area (Å²) in [5.74, 6) is 0.988. The summed E-state index contributed by atoms with van der Waals surface area (Å²) in [6, 6.07) is 7.47. The molecule has 0 aliphatic carbocycles. The van der Waals surface area contributed by atoms with Gasteiger partial charge in [-0.25, -0.2) is 0 Å². The van der Waals surface area contributed by atoms with Crippen LogP contribution >= 0.6 is 0 Å². The Morgan fingerprint density at radius 1 is 1.40 bits per heavy atom. The van der Waals surface area contributed by atoms with E-state index in [0.717, 1.165) is 5.56 Å². The molecule has 0 amide bonds. The predicted molar refractivity (Wildman–Crippen MR) is 57.0 cm³/mol. The Kier molecular flexibility index (Phi) is 3.95. The van der Waals surface area contributed by atoms with Crippen molar-refractivity contribution in [3.63, 3.8) is 0 Å². The largest absolute Gasteiger partial charge is 0.497 e. The number of methoxy groups -OCH3 is 2. The summed E-state index contributed by atoms with van der Waals surface area (Å²) in [5.41, 5.74) is 6.29. The monoisotopic (exact) mass is 206 g/mol. The zero-order valence-electron chi connectivity index (χ0n) is 8.86. The van der Waals surface area contributed by atoms with Crippen molar-refractivity contribution >= 4 is 0 Å². The van der Waals surface area contributed by atoms with Crippen molar-refractivity contribution in [1.29, 1.82) is 5.26 Å². The van der Waals surface area contributed by atoms with Crippen molar-refractivity contribution in [2.24, 2.45) is 5.73 Å². The first-order valence-electron chi connectivity index (χ1n) is 4.58. The molecule has 1 unspecified atom stereocenters. The van der Waals surface area contributed by atoms with Crippen LogP contribution in [0.5, 0.6) is 11.5 Å². The molecular weight excluding hydrogens is 192 g/mol. The quantitative estimate of drug-likeness (QED) is 0.805. The molecule has 0 spiro atoms. The van der Waals surface area contributed by atoms with Crippen molar-refractivity contribution < 1.29 is 9.47 Å². The Bertz CT molecular complexity index is 371. The van der Waals surface area contributed by atoms with Crippen LogP contribution < -0.4 is 15.2 Å². The highest BCUT2D eigenvalue weighted by Crippen LogP contribution is 2.29. The van der Waals surface area contributed by atoms with Crippen molar-refractivity contribution in [2.45, 2.75) is 5.92 Å². The van der Waals surface area contributed by atoms with Gasteiger partial charge in [0, 0.05) is 18.2 Å². The molecule has 15 heavy (non-hydrogen) atoms. The van der Waals surface area contributed by atoms with Gasteiger partial charge in [0.1, 0.15) is 11.5 Å². The van der Waals surface area contributed by atoms with Crippen LogP contribution in [-0.2, 0) is 0 Å². The van der Waals surface area contributed by atoms with Gasteiger partial charge < -0.3 is 15.2 Å². The van der Waals surface area contributed by atoms with Gasteiger partial charge in [-0.2, -0.15) is 5.26 Å². The summed E-state index contributed by atoms with van der Waals surface area (Å²) in [6.45, 7) is 0.277. The number of rotatable bonds is 4. The Balaban J connectivity index is 3.13. The first-order chi connectivity index (χ1) is 7.26. The first-order valence-corrected chi connectivity index (χ1v) is 4.58. The SMILES string of the molecule is COc1ccc(C(C#N)CN)c(OC)c1. The van der Waals surface area contributed by atoms with E-state index in [9.17, 15) is 0 Å². The molecule has 1 rings (SSSR count). The fourth-order valence-corrected chi connectivity index (χ4v) is 1.36. The van der Waals surface area contributed by atoms with Gasteiger partial charge in [0.05, 0.1) is 26.2 Å². The van der Waals surface area contributed by atoms with Crippen LogP contribution in [0.2, 0.25) is 0 Å². The molecule has 1 aromatic rings. The van der Waals surface area contributed by atoms with Gasteiger partial charge in [0.2, 0.25) is 0 Å². The lowest BCUT2D eigenvalue weighted by Gasteiger charge is -2.12. The summed E-state index contributed by atoms with van der Waals surface area (Å²) in [5, 5.41) is 8.91. The van der Waals surface area contributed by atoms with Crippen LogP contribution in [0.4, 0.5) is 0 Å². The molecule has 4 nitrogen and oxygen atoms in total. The Labute approximate surface area is 89.2 Å². The summed E-state index contributed by atoms with van der Waals surface area (Å²) in [7, 11) is 3.14. The number of hydrogen-bond acceptors (Lipinski definition) is 4. The van der Waals surface area contributed by atoms with Crippen LogP contribution in [0, 0.1) is 11.3 Å². The zero-order valence-corrected chi connectivity index (χ0v) is 8.86. The van der Waals surface area contributed by atoms with E-state index in [-0.39, 0.29) is 12.5 Å². The molecule has 0 aromatic heterocycles. The van der Waals surface area contributed by atoms with Gasteiger partial charge in [-0.1, -0.05) is 6.07 Å². The van der Waals surface area contributed by atoms with Crippen molar-refractivity contribution in [2.75, 3.05) is 20.8 Å². The summed E-state index contributed by atoms with van der Waals surface area (Å²) in [4.78, 5) is 0. The normalized spacial score (nSPS) is 11.6. The number of nitrogens with two attached hydrogens (primary N) is 1. The Hall–Kier alpha value is -1.73. The first kappa shape index (κ1) is 11.3. The van der Waals surface area contributed by atoms with Gasteiger partial charge in [0.15, 0.2) is 0 Å². The van der Waals surface area contributed by atoms with E-state index in [1.807, 2.05) is 0 Å². The minimum Gasteiger partial charge on any atom is -0.497 e. The van der Waals surface area contributed by atoms with Gasteiger partial charge in [-0.05, 0) is 6.07 Å². The van der Waals surface area contributed by atoms with Crippen molar-refractivity contribution in [1.82, 2.24) is 0 Å². The molecule has 0 fully saturated rings. The van der Waals surface area contributed by atoms with Gasteiger partial charge in [-0.15, -0.1) is 0 Å². The minimum absolute atomic E-state index is 0.277. The van der Waals surface area contributed by atoms with Crippen LogP contribution in [0.1, 0.15) is 11.5 Å². The topological polar surface area (TPSA) is 68.3 Å². The van der Waals surface area contributed by atoms with E-state index < -0.39 is 0 Å². The van der Waals surface area contributed by atoms with Gasteiger partial charge >= 0.3 is 0 Å². The smallest absolute Gasteiger partial charge is 0.127 e. The molecule has 1 aromatic carbocycles. The molecule has 0 aliphatic heterocycles. The lowest BCUT2D eigenvalue weighted by molar-refractivity contribution is 0.390. The number of ether oxygens (including phenoxy) is 2. The molecule has 0 heterocycles. The molecule has 0 saturated carbocycles. The molecule has 80 valence electrons. The number of hydrogen-bond donors (Lipinski definition) is 1. The third-order valence-corrected chi connectivity index (χ3v) is 2.21.